The zero-order valence-electron chi connectivity index (χ0n) is 20.6. The quantitative estimate of drug-likeness (QED) is 0.172. The van der Waals surface area contributed by atoms with E-state index in [-0.39, 0.29) is 27.8 Å². The molecule has 14 heteroatoms. The molecule has 0 spiro atoms. The van der Waals surface area contributed by atoms with E-state index in [4.69, 9.17) is 18.6 Å². The Kier molecular flexibility index (Phi) is 7.71. The number of aliphatic hydroxyl groups excluding tert-OH is 6. The van der Waals surface area contributed by atoms with Gasteiger partial charge in [-0.15, -0.1) is 0 Å². The number of rotatable bonds is 5. The Morgan fingerprint density at radius 2 is 1.60 bits per heavy atom. The van der Waals surface area contributed by atoms with Gasteiger partial charge in [0.05, 0.1) is 24.3 Å². The molecule has 216 valence electrons. The molecule has 40 heavy (non-hydrogen) atoms. The Morgan fingerprint density at radius 1 is 0.900 bits per heavy atom. The third-order valence-corrected chi connectivity index (χ3v) is 7.12. The lowest BCUT2D eigenvalue weighted by atomic mass is 9.89. The van der Waals surface area contributed by atoms with E-state index >= 15 is 0 Å². The van der Waals surface area contributed by atoms with Crippen molar-refractivity contribution in [1.82, 2.24) is 0 Å². The molecule has 0 radical (unpaired) electrons. The van der Waals surface area contributed by atoms with Gasteiger partial charge in [0, 0.05) is 6.07 Å². The summed E-state index contributed by atoms with van der Waals surface area (Å²) in [6.07, 6.45) is -13.6. The second-order valence-electron chi connectivity index (χ2n) is 9.67. The van der Waals surface area contributed by atoms with Crippen LogP contribution in [0.1, 0.15) is 11.7 Å². The maximum absolute atomic E-state index is 13.4. The molecule has 3 heterocycles. The van der Waals surface area contributed by atoms with Crippen LogP contribution < -0.4 is 5.43 Å². The van der Waals surface area contributed by atoms with Gasteiger partial charge in [-0.05, 0) is 17.7 Å². The second kappa shape index (κ2) is 10.9. The van der Waals surface area contributed by atoms with E-state index in [1.165, 1.54) is 24.3 Å². The van der Waals surface area contributed by atoms with Gasteiger partial charge in [-0.3, -0.25) is 4.79 Å². The van der Waals surface area contributed by atoms with E-state index in [1.807, 2.05) is 0 Å². The molecule has 2 aliphatic heterocycles. The summed E-state index contributed by atoms with van der Waals surface area (Å²) in [6, 6.07) is 6.44. The summed E-state index contributed by atoms with van der Waals surface area (Å²) in [4.78, 5) is 13.4. The van der Waals surface area contributed by atoms with Crippen molar-refractivity contribution < 1.29 is 64.6 Å². The first-order chi connectivity index (χ1) is 19.0. The smallest absolute Gasteiger partial charge is 0.204 e. The zero-order valence-corrected chi connectivity index (χ0v) is 20.6. The van der Waals surface area contributed by atoms with Crippen molar-refractivity contribution in [2.45, 2.75) is 55.1 Å². The average molecular weight is 564 g/mol. The average Bonchev–Trinajstić information content (AvgIpc) is 2.92. The summed E-state index contributed by atoms with van der Waals surface area (Å²) < 4.78 is 22.1. The number of aromatic hydroxyl groups is 3. The van der Waals surface area contributed by atoms with Crippen LogP contribution in [-0.4, -0.2) is 108 Å². The topological polar surface area (TPSA) is 240 Å². The van der Waals surface area contributed by atoms with E-state index in [2.05, 4.69) is 0 Å². The van der Waals surface area contributed by atoms with E-state index < -0.39 is 85.3 Å². The molecule has 1 aromatic heterocycles. The van der Waals surface area contributed by atoms with Gasteiger partial charge >= 0.3 is 0 Å². The third kappa shape index (κ3) is 4.79. The van der Waals surface area contributed by atoms with Crippen molar-refractivity contribution in [2.75, 3.05) is 13.2 Å². The Bertz CT molecular complexity index is 1420. The van der Waals surface area contributed by atoms with Gasteiger partial charge in [-0.1, -0.05) is 12.1 Å². The first kappa shape index (κ1) is 28.2. The lowest BCUT2D eigenvalue weighted by molar-refractivity contribution is -0.325. The molecule has 2 aromatic carbocycles. The third-order valence-electron chi connectivity index (χ3n) is 7.12. The Balaban J connectivity index is 1.57. The summed E-state index contributed by atoms with van der Waals surface area (Å²) in [5.41, 5.74) is -1.03. The predicted octanol–water partition coefficient (Wildman–Crippen LogP) is -1.45. The fourth-order valence-electron chi connectivity index (χ4n) is 4.95. The summed E-state index contributed by atoms with van der Waals surface area (Å²) in [5.74, 6) is -1.34. The van der Waals surface area contributed by atoms with Gasteiger partial charge in [-0.25, -0.2) is 0 Å². The maximum Gasteiger partial charge on any atom is 0.204 e. The first-order valence-electron chi connectivity index (χ1n) is 12.3. The number of hydrogen-bond donors (Lipinski definition) is 9. The molecule has 0 unspecified atom stereocenters. The fraction of sp³-hybridized carbons (Fsp3) is 0.423. The van der Waals surface area contributed by atoms with Gasteiger partial charge in [0.1, 0.15) is 77.7 Å². The lowest BCUT2D eigenvalue weighted by Crippen LogP contribution is -2.61. The van der Waals surface area contributed by atoms with Crippen molar-refractivity contribution in [3.8, 4) is 28.4 Å². The zero-order chi connectivity index (χ0) is 28.9. The van der Waals surface area contributed by atoms with Gasteiger partial charge in [-0.2, -0.15) is 0 Å². The number of phenols is 3. The number of aliphatic hydroxyl groups is 6. The lowest BCUT2D eigenvalue weighted by Gasteiger charge is -2.45. The molecular weight excluding hydrogens is 536 g/mol. The van der Waals surface area contributed by atoms with E-state index in [0.29, 0.717) is 5.56 Å². The van der Waals surface area contributed by atoms with Crippen LogP contribution in [0.5, 0.6) is 17.2 Å². The fourth-order valence-corrected chi connectivity index (χ4v) is 4.95. The van der Waals surface area contributed by atoms with E-state index in [9.17, 15) is 50.8 Å². The van der Waals surface area contributed by atoms with Crippen molar-refractivity contribution in [3.05, 3.63) is 52.4 Å². The van der Waals surface area contributed by atoms with Crippen molar-refractivity contribution in [3.63, 3.8) is 0 Å². The molecule has 5 rings (SSSR count). The van der Waals surface area contributed by atoms with Gasteiger partial charge < -0.3 is 64.6 Å². The standard InChI is InChI=1S/C26H28O14/c27-6-15-20(34)25(40-26-21(35)19(33)14(31)8-38-26)22(36)24(39-15)17-13(30)5-12(29)16-18(32)11(7-37-23(16)17)9-1-3-10(28)4-2-9/h1-5,7,14-15,19-22,24-31,33-36H,6,8H2/t14-,15+,19-,20-,21-,22+,24+,25-,26+/m1/s1. The molecule has 2 aliphatic rings. The molecule has 9 atom stereocenters. The first-order valence-corrected chi connectivity index (χ1v) is 12.3. The Morgan fingerprint density at radius 3 is 2.27 bits per heavy atom. The number of fused-ring (bicyclic) bond motifs is 1. The Hall–Kier alpha value is -3.31. The molecule has 14 nitrogen and oxygen atoms in total. The highest BCUT2D eigenvalue weighted by Gasteiger charge is 2.50. The largest absolute Gasteiger partial charge is 0.508 e. The summed E-state index contributed by atoms with van der Waals surface area (Å²) >= 11 is 0. The molecular formula is C26H28O14. The molecule has 9 N–H and O–H groups in total. The van der Waals surface area contributed by atoms with Gasteiger partial charge in [0.2, 0.25) is 5.43 Å². The highest BCUT2D eigenvalue weighted by molar-refractivity contribution is 5.91. The monoisotopic (exact) mass is 564 g/mol. The second-order valence-corrected chi connectivity index (χ2v) is 9.67. The van der Waals surface area contributed by atoms with Crippen molar-refractivity contribution in [2.24, 2.45) is 0 Å². The number of phenolic OH excluding ortho intramolecular Hbond substituents is 3. The van der Waals surface area contributed by atoms with Crippen LogP contribution in [0, 0.1) is 0 Å². The summed E-state index contributed by atoms with van der Waals surface area (Å²) in [7, 11) is 0. The van der Waals surface area contributed by atoms with Crippen LogP contribution in [0.4, 0.5) is 0 Å². The SMILES string of the molecule is O=c1c(-c2ccc(O)cc2)coc2c([C@@H]3O[C@@H](CO)[C@@H](O)[C@@H](O[C@@H]4OC[C@@H](O)[C@@H](O)[C@H]4O)[C@H]3O)c(O)cc(O)c12. The predicted molar refractivity (Wildman–Crippen MR) is 132 cm³/mol. The van der Waals surface area contributed by atoms with E-state index in [0.717, 1.165) is 12.3 Å². The molecule has 0 bridgehead atoms. The maximum atomic E-state index is 13.4. The number of benzene rings is 2. The minimum atomic E-state index is -1.85. The minimum Gasteiger partial charge on any atom is -0.508 e. The normalized spacial score (nSPS) is 32.8. The van der Waals surface area contributed by atoms with Crippen molar-refractivity contribution >= 4 is 11.0 Å². The van der Waals surface area contributed by atoms with Crippen LogP contribution in [0.25, 0.3) is 22.1 Å². The van der Waals surface area contributed by atoms with Crippen LogP contribution in [0.15, 0.2) is 45.8 Å². The van der Waals surface area contributed by atoms with Crippen molar-refractivity contribution in [1.29, 1.82) is 0 Å². The van der Waals surface area contributed by atoms with Crippen LogP contribution in [0.3, 0.4) is 0 Å². The Labute approximate surface area is 225 Å². The summed E-state index contributed by atoms with van der Waals surface area (Å²) in [6.45, 7) is -1.21. The molecule has 0 amide bonds. The van der Waals surface area contributed by atoms with Gasteiger partial charge in [0.15, 0.2) is 11.9 Å². The molecule has 2 saturated heterocycles. The van der Waals surface area contributed by atoms with Crippen LogP contribution >= 0.6 is 0 Å². The van der Waals surface area contributed by atoms with Crippen LogP contribution in [0.2, 0.25) is 0 Å². The number of ether oxygens (including phenoxy) is 3. The summed E-state index contributed by atoms with van der Waals surface area (Å²) in [5, 5.41) is 92.2. The van der Waals surface area contributed by atoms with E-state index in [1.54, 1.807) is 0 Å². The number of hydrogen-bond acceptors (Lipinski definition) is 14. The highest BCUT2D eigenvalue weighted by Crippen LogP contribution is 2.44. The molecule has 3 aromatic rings. The highest BCUT2D eigenvalue weighted by atomic mass is 16.7. The minimum absolute atomic E-state index is 0.0126. The molecule has 2 fully saturated rings. The van der Waals surface area contributed by atoms with Crippen LogP contribution in [-0.2, 0) is 14.2 Å². The molecule has 0 saturated carbocycles. The molecule has 0 aliphatic carbocycles. The van der Waals surface area contributed by atoms with Gasteiger partial charge in [0.25, 0.3) is 0 Å².